The highest BCUT2D eigenvalue weighted by Crippen LogP contribution is 2.44. The predicted octanol–water partition coefficient (Wildman–Crippen LogP) is 1.78. The average Bonchev–Trinajstić information content (AvgIpc) is 3.24. The topological polar surface area (TPSA) is 83.4 Å². The van der Waals surface area contributed by atoms with Crippen LogP contribution in [0.15, 0.2) is 12.5 Å². The number of likely N-dealkylation sites (tertiary alicyclic amines) is 1. The first-order valence-corrected chi connectivity index (χ1v) is 7.81. The van der Waals surface area contributed by atoms with Gasteiger partial charge < -0.3 is 10.0 Å². The van der Waals surface area contributed by atoms with Gasteiger partial charge in [-0.15, -0.1) is 0 Å². The summed E-state index contributed by atoms with van der Waals surface area (Å²) in [4.78, 5) is 34.1. The summed E-state index contributed by atoms with van der Waals surface area (Å²) in [5.74, 6) is -0.689. The number of hydrogen-bond donors (Lipinski definition) is 1. The van der Waals surface area contributed by atoms with Crippen molar-refractivity contribution in [3.63, 3.8) is 0 Å². The van der Waals surface area contributed by atoms with Crippen molar-refractivity contribution in [2.24, 2.45) is 17.8 Å². The Kier molecular flexibility index (Phi) is 3.85. The molecular weight excluding hydrogens is 282 g/mol. The lowest BCUT2D eigenvalue weighted by atomic mass is 9.92. The number of nitrogens with zero attached hydrogens (tertiary/aromatic N) is 3. The highest BCUT2D eigenvalue weighted by atomic mass is 16.4. The van der Waals surface area contributed by atoms with Crippen molar-refractivity contribution in [3.8, 4) is 0 Å². The van der Waals surface area contributed by atoms with E-state index in [9.17, 15) is 14.7 Å². The van der Waals surface area contributed by atoms with Crippen molar-refractivity contribution in [2.45, 2.75) is 32.6 Å². The fraction of sp³-hybridized carbons (Fsp3) is 0.625. The van der Waals surface area contributed by atoms with E-state index in [0.29, 0.717) is 24.6 Å². The van der Waals surface area contributed by atoms with Gasteiger partial charge in [0.05, 0.1) is 17.2 Å². The lowest BCUT2D eigenvalue weighted by molar-refractivity contribution is -0.142. The molecule has 1 aliphatic carbocycles. The second-order valence-corrected chi connectivity index (χ2v) is 6.63. The van der Waals surface area contributed by atoms with E-state index < -0.39 is 11.9 Å². The van der Waals surface area contributed by atoms with Crippen LogP contribution in [0, 0.1) is 17.8 Å². The van der Waals surface area contributed by atoms with E-state index in [4.69, 9.17) is 0 Å². The number of carbonyl (C=O) groups excluding carboxylic acids is 1. The first-order chi connectivity index (χ1) is 10.5. The molecule has 2 fully saturated rings. The second-order valence-electron chi connectivity index (χ2n) is 6.63. The van der Waals surface area contributed by atoms with Crippen LogP contribution in [0.5, 0.6) is 0 Å². The number of amides is 1. The van der Waals surface area contributed by atoms with E-state index >= 15 is 0 Å². The summed E-state index contributed by atoms with van der Waals surface area (Å²) in [6.45, 7) is 4.79. The molecule has 1 aromatic heterocycles. The van der Waals surface area contributed by atoms with Crippen LogP contribution in [-0.4, -0.2) is 44.9 Å². The number of hydrogen-bond acceptors (Lipinski definition) is 4. The molecular formula is C16H21N3O3. The minimum Gasteiger partial charge on any atom is -0.481 e. The monoisotopic (exact) mass is 303 g/mol. The molecule has 0 radical (unpaired) electrons. The smallest absolute Gasteiger partial charge is 0.308 e. The van der Waals surface area contributed by atoms with Crippen molar-refractivity contribution >= 4 is 11.9 Å². The van der Waals surface area contributed by atoms with E-state index in [1.165, 1.54) is 6.33 Å². The van der Waals surface area contributed by atoms with Crippen LogP contribution in [0.3, 0.4) is 0 Å². The van der Waals surface area contributed by atoms with Crippen molar-refractivity contribution < 1.29 is 14.7 Å². The molecule has 0 aromatic carbocycles. The van der Waals surface area contributed by atoms with Gasteiger partial charge in [0.15, 0.2) is 0 Å². The summed E-state index contributed by atoms with van der Waals surface area (Å²) >= 11 is 0. The van der Waals surface area contributed by atoms with Gasteiger partial charge in [0, 0.05) is 19.3 Å². The maximum atomic E-state index is 12.8. The number of carboxylic acids is 1. The summed E-state index contributed by atoms with van der Waals surface area (Å²) in [6, 6.07) is 0. The van der Waals surface area contributed by atoms with Gasteiger partial charge in [0.2, 0.25) is 0 Å². The van der Waals surface area contributed by atoms with Gasteiger partial charge in [-0.05, 0) is 30.6 Å². The molecule has 2 heterocycles. The molecule has 0 bridgehead atoms. The third-order valence-electron chi connectivity index (χ3n) is 4.72. The minimum atomic E-state index is -0.791. The van der Waals surface area contributed by atoms with E-state index in [1.54, 1.807) is 11.1 Å². The molecule has 3 rings (SSSR count). The van der Waals surface area contributed by atoms with Gasteiger partial charge in [0.1, 0.15) is 6.33 Å². The molecule has 1 aliphatic heterocycles. The predicted molar refractivity (Wildman–Crippen MR) is 79.4 cm³/mol. The van der Waals surface area contributed by atoms with Gasteiger partial charge >= 0.3 is 5.97 Å². The third kappa shape index (κ3) is 2.69. The second kappa shape index (κ2) is 5.66. The van der Waals surface area contributed by atoms with Gasteiger partial charge in [-0.2, -0.15) is 0 Å². The Morgan fingerprint density at radius 2 is 2.05 bits per heavy atom. The first kappa shape index (κ1) is 14.9. The summed E-state index contributed by atoms with van der Waals surface area (Å²) in [6.07, 6.45) is 5.17. The number of aromatic nitrogens is 2. The van der Waals surface area contributed by atoms with Crippen molar-refractivity contribution in [1.82, 2.24) is 14.9 Å². The lowest BCUT2D eigenvalue weighted by Crippen LogP contribution is -2.31. The molecule has 1 N–H and O–H groups in total. The van der Waals surface area contributed by atoms with Crippen molar-refractivity contribution in [1.29, 1.82) is 0 Å². The van der Waals surface area contributed by atoms with Gasteiger partial charge in [-0.3, -0.25) is 9.59 Å². The Balaban J connectivity index is 1.83. The molecule has 118 valence electrons. The van der Waals surface area contributed by atoms with E-state index in [2.05, 4.69) is 9.97 Å². The van der Waals surface area contributed by atoms with Crippen molar-refractivity contribution in [3.05, 3.63) is 23.8 Å². The van der Waals surface area contributed by atoms with Gasteiger partial charge in [-0.25, -0.2) is 9.97 Å². The highest BCUT2D eigenvalue weighted by Gasteiger charge is 2.47. The molecule has 6 heteroatoms. The quantitative estimate of drug-likeness (QED) is 0.916. The fourth-order valence-corrected chi connectivity index (χ4v) is 3.39. The maximum Gasteiger partial charge on any atom is 0.308 e. The number of carboxylic acid groups (broad SMARTS) is 1. The Morgan fingerprint density at radius 3 is 2.64 bits per heavy atom. The lowest BCUT2D eigenvalue weighted by Gasteiger charge is -2.18. The first-order valence-electron chi connectivity index (χ1n) is 7.81. The van der Waals surface area contributed by atoms with E-state index in [-0.39, 0.29) is 17.7 Å². The summed E-state index contributed by atoms with van der Waals surface area (Å²) in [5.41, 5.74) is 1.22. The Hall–Kier alpha value is -1.98. The average molecular weight is 303 g/mol. The molecule has 1 saturated carbocycles. The Bertz CT molecular complexity index is 598. The van der Waals surface area contributed by atoms with Crippen LogP contribution in [0.1, 0.15) is 48.7 Å². The normalized spacial score (nSPS) is 24.8. The van der Waals surface area contributed by atoms with Crippen LogP contribution >= 0.6 is 0 Å². The summed E-state index contributed by atoms with van der Waals surface area (Å²) in [7, 11) is 0. The summed E-state index contributed by atoms with van der Waals surface area (Å²) in [5, 5.41) is 9.41. The molecule has 6 nitrogen and oxygen atoms in total. The molecule has 0 unspecified atom stereocenters. The molecule has 2 atom stereocenters. The SMILES string of the molecule is CC(C)c1ncncc1C(=O)N1C[C@H](C(=O)O)[C@@H](C2CC2)C1. The van der Waals surface area contributed by atoms with E-state index in [0.717, 1.165) is 18.5 Å². The fourth-order valence-electron chi connectivity index (χ4n) is 3.39. The molecule has 1 aromatic rings. The van der Waals surface area contributed by atoms with Gasteiger partial charge in [0.25, 0.3) is 5.91 Å². The molecule has 22 heavy (non-hydrogen) atoms. The molecule has 2 aliphatic rings. The third-order valence-corrected chi connectivity index (χ3v) is 4.72. The zero-order valence-corrected chi connectivity index (χ0v) is 12.9. The minimum absolute atomic E-state index is 0.0913. The van der Waals surface area contributed by atoms with Crippen LogP contribution < -0.4 is 0 Å². The maximum absolute atomic E-state index is 12.8. The number of aliphatic carboxylic acids is 1. The van der Waals surface area contributed by atoms with Crippen LogP contribution in [0.4, 0.5) is 0 Å². The standard InChI is InChI=1S/C16H21N3O3/c1-9(2)14-11(5-17-8-18-14)15(20)19-6-12(10-3-4-10)13(7-19)16(21)22/h5,8-10,12-13H,3-4,6-7H2,1-2H3,(H,21,22)/t12-,13+/m1/s1. The van der Waals surface area contributed by atoms with E-state index in [1.807, 2.05) is 13.8 Å². The Labute approximate surface area is 129 Å². The number of carbonyl (C=O) groups is 2. The van der Waals surface area contributed by atoms with Gasteiger partial charge in [-0.1, -0.05) is 13.8 Å². The summed E-state index contributed by atoms with van der Waals surface area (Å²) < 4.78 is 0. The van der Waals surface area contributed by atoms with Crippen LogP contribution in [0.2, 0.25) is 0 Å². The molecule has 1 amide bonds. The molecule has 1 saturated heterocycles. The van der Waals surface area contributed by atoms with Crippen LogP contribution in [-0.2, 0) is 4.79 Å². The largest absolute Gasteiger partial charge is 0.481 e. The number of rotatable bonds is 4. The molecule has 0 spiro atoms. The van der Waals surface area contributed by atoms with Crippen molar-refractivity contribution in [2.75, 3.05) is 13.1 Å². The zero-order valence-electron chi connectivity index (χ0n) is 12.9. The highest BCUT2D eigenvalue weighted by molar-refractivity contribution is 5.95. The Morgan fingerprint density at radius 1 is 1.32 bits per heavy atom. The van der Waals surface area contributed by atoms with Crippen LogP contribution in [0.25, 0.3) is 0 Å². The zero-order chi connectivity index (χ0) is 15.9.